The van der Waals surface area contributed by atoms with Crippen molar-refractivity contribution in [3.8, 4) is 0 Å². The lowest BCUT2D eigenvalue weighted by Gasteiger charge is -2.11. The Morgan fingerprint density at radius 1 is 0.903 bits per heavy atom. The van der Waals surface area contributed by atoms with Crippen LogP contribution in [0.25, 0.3) is 11.8 Å². The molecule has 0 atom stereocenters. The second-order valence-corrected chi connectivity index (χ2v) is 8.91. The van der Waals surface area contributed by atoms with E-state index in [0.29, 0.717) is 0 Å². The molecule has 0 aliphatic carbocycles. The third-order valence-corrected chi connectivity index (χ3v) is 6.14. The zero-order valence-electron chi connectivity index (χ0n) is 17.5. The predicted octanol–water partition coefficient (Wildman–Crippen LogP) is 7.62. The van der Waals surface area contributed by atoms with E-state index in [2.05, 4.69) is 96.3 Å². The van der Waals surface area contributed by atoms with Crippen molar-refractivity contribution in [1.82, 2.24) is 5.32 Å². The molecule has 0 radical (unpaired) electrons. The van der Waals surface area contributed by atoms with Gasteiger partial charge in [0.25, 0.3) is 0 Å². The molecule has 0 spiro atoms. The monoisotopic (exact) mass is 442 g/mol. The average Bonchev–Trinajstić information content (AvgIpc) is 2.81. The molecule has 0 aromatic heterocycles. The number of allylic oxidation sites excluding steroid dienone is 1. The van der Waals surface area contributed by atoms with Crippen LogP contribution in [0.1, 0.15) is 22.3 Å². The SMILES string of the molecule is C=NSC(=C)/C=C/c1cccc(C(=C)NCc2ccc(CSc3ccccc3)cc2)c1. The van der Waals surface area contributed by atoms with Crippen LogP contribution in [-0.2, 0) is 12.3 Å². The molecular weight excluding hydrogens is 416 g/mol. The number of benzene rings is 3. The van der Waals surface area contributed by atoms with Gasteiger partial charge in [0.1, 0.15) is 0 Å². The largest absolute Gasteiger partial charge is 0.381 e. The fraction of sp³-hybridized carbons (Fsp3) is 0.0741. The number of nitrogens with zero attached hydrogens (tertiary/aromatic N) is 1. The summed E-state index contributed by atoms with van der Waals surface area (Å²) in [5.74, 6) is 0.971. The number of thioether (sulfide) groups is 1. The molecule has 3 aromatic carbocycles. The van der Waals surface area contributed by atoms with Gasteiger partial charge in [0.15, 0.2) is 0 Å². The van der Waals surface area contributed by atoms with Crippen molar-refractivity contribution >= 4 is 42.2 Å². The fourth-order valence-electron chi connectivity index (χ4n) is 2.88. The molecular formula is C27H26N2S2. The Labute approximate surface area is 194 Å². The van der Waals surface area contributed by atoms with Crippen molar-refractivity contribution < 1.29 is 0 Å². The van der Waals surface area contributed by atoms with Crippen LogP contribution in [0, 0.1) is 0 Å². The standard InChI is InChI=1S/C27H26N2S2/c1-21(31-28-3)12-13-23-8-7-9-26(18-23)22(2)29-19-24-14-16-25(17-15-24)20-30-27-10-5-4-6-11-27/h4-18,29H,1-3,19-20H2/b13-12+. The molecule has 0 heterocycles. The number of nitrogens with one attached hydrogen (secondary N) is 1. The predicted molar refractivity (Wildman–Crippen MR) is 140 cm³/mol. The van der Waals surface area contributed by atoms with E-state index in [1.54, 1.807) is 0 Å². The molecule has 156 valence electrons. The molecule has 3 rings (SSSR count). The lowest BCUT2D eigenvalue weighted by Crippen LogP contribution is -2.10. The maximum Gasteiger partial charge on any atom is 0.0400 e. The third-order valence-electron chi connectivity index (χ3n) is 4.56. The maximum atomic E-state index is 4.20. The van der Waals surface area contributed by atoms with Gasteiger partial charge in [-0.25, -0.2) is 4.40 Å². The van der Waals surface area contributed by atoms with Gasteiger partial charge in [0.05, 0.1) is 0 Å². The first kappa shape index (κ1) is 22.7. The zero-order valence-corrected chi connectivity index (χ0v) is 19.1. The molecule has 0 bridgehead atoms. The topological polar surface area (TPSA) is 24.4 Å². The molecule has 0 fully saturated rings. The molecule has 0 aliphatic heterocycles. The Bertz CT molecular complexity index is 1050. The molecule has 2 nitrogen and oxygen atoms in total. The van der Waals surface area contributed by atoms with E-state index in [4.69, 9.17) is 0 Å². The summed E-state index contributed by atoms with van der Waals surface area (Å²) in [7, 11) is 0. The average molecular weight is 443 g/mol. The fourth-order valence-corrected chi connectivity index (χ4v) is 4.05. The maximum absolute atomic E-state index is 4.20. The molecule has 0 unspecified atom stereocenters. The van der Waals surface area contributed by atoms with Gasteiger partial charge in [-0.2, -0.15) is 0 Å². The van der Waals surface area contributed by atoms with E-state index in [1.165, 1.54) is 28.0 Å². The summed E-state index contributed by atoms with van der Waals surface area (Å²) >= 11 is 3.13. The molecule has 1 N–H and O–H groups in total. The quantitative estimate of drug-likeness (QED) is 0.143. The van der Waals surface area contributed by atoms with Crippen LogP contribution in [-0.4, -0.2) is 6.72 Å². The highest BCUT2D eigenvalue weighted by Crippen LogP contribution is 2.23. The summed E-state index contributed by atoms with van der Waals surface area (Å²) < 4.78 is 3.77. The zero-order chi connectivity index (χ0) is 21.9. The molecule has 0 aliphatic rings. The summed E-state index contributed by atoms with van der Waals surface area (Å²) in [6.45, 7) is 12.3. The van der Waals surface area contributed by atoms with Gasteiger partial charge < -0.3 is 5.32 Å². The summed E-state index contributed by atoms with van der Waals surface area (Å²) in [5, 5.41) is 3.44. The first-order chi connectivity index (χ1) is 15.1. The summed E-state index contributed by atoms with van der Waals surface area (Å²) in [4.78, 5) is 2.14. The normalized spacial score (nSPS) is 10.7. The van der Waals surface area contributed by atoms with E-state index < -0.39 is 0 Å². The van der Waals surface area contributed by atoms with E-state index in [0.717, 1.165) is 34.0 Å². The van der Waals surface area contributed by atoms with Crippen molar-refractivity contribution in [2.45, 2.75) is 17.2 Å². The van der Waals surface area contributed by atoms with Crippen molar-refractivity contribution in [3.63, 3.8) is 0 Å². The van der Waals surface area contributed by atoms with Gasteiger partial charge in [-0.15, -0.1) is 11.8 Å². The first-order valence-electron chi connectivity index (χ1n) is 9.93. The minimum atomic E-state index is 0.740. The highest BCUT2D eigenvalue weighted by Gasteiger charge is 2.01. The highest BCUT2D eigenvalue weighted by molar-refractivity contribution is 8.02. The third kappa shape index (κ3) is 7.67. The lowest BCUT2D eigenvalue weighted by atomic mass is 10.1. The smallest absolute Gasteiger partial charge is 0.0400 e. The number of hydrogen-bond donors (Lipinski definition) is 1. The second kappa shape index (κ2) is 12.0. The first-order valence-corrected chi connectivity index (χ1v) is 11.7. The molecule has 31 heavy (non-hydrogen) atoms. The van der Waals surface area contributed by atoms with Crippen LogP contribution in [0.3, 0.4) is 0 Å². The number of hydrogen-bond acceptors (Lipinski definition) is 4. The Hall–Kier alpha value is -2.95. The van der Waals surface area contributed by atoms with E-state index >= 15 is 0 Å². The van der Waals surface area contributed by atoms with E-state index in [1.807, 2.05) is 36.0 Å². The highest BCUT2D eigenvalue weighted by atomic mass is 32.2. The van der Waals surface area contributed by atoms with Crippen molar-refractivity contribution in [1.29, 1.82) is 0 Å². The second-order valence-electron chi connectivity index (χ2n) is 6.90. The van der Waals surface area contributed by atoms with Gasteiger partial charge >= 0.3 is 0 Å². The van der Waals surface area contributed by atoms with E-state index in [9.17, 15) is 0 Å². The number of rotatable bonds is 11. The molecule has 0 amide bonds. The van der Waals surface area contributed by atoms with Crippen molar-refractivity contribution in [2.24, 2.45) is 4.40 Å². The Balaban J connectivity index is 1.51. The van der Waals surface area contributed by atoms with Crippen molar-refractivity contribution in [3.05, 3.63) is 125 Å². The van der Waals surface area contributed by atoms with E-state index in [-0.39, 0.29) is 0 Å². The molecule has 3 aromatic rings. The van der Waals surface area contributed by atoms with Gasteiger partial charge in [-0.3, -0.25) is 0 Å². The Morgan fingerprint density at radius 3 is 2.39 bits per heavy atom. The minimum absolute atomic E-state index is 0.740. The van der Waals surface area contributed by atoms with Crippen LogP contribution in [0.2, 0.25) is 0 Å². The summed E-state index contributed by atoms with van der Waals surface area (Å²) in [5.41, 5.74) is 5.61. The molecule has 0 saturated carbocycles. The van der Waals surface area contributed by atoms with Crippen LogP contribution < -0.4 is 5.32 Å². The summed E-state index contributed by atoms with van der Waals surface area (Å²) in [6, 6.07) is 27.5. The van der Waals surface area contributed by atoms with Gasteiger partial charge in [-0.05, 0) is 53.2 Å². The van der Waals surface area contributed by atoms with Gasteiger partial charge in [-0.1, -0.05) is 79.9 Å². The minimum Gasteiger partial charge on any atom is -0.381 e. The lowest BCUT2D eigenvalue weighted by molar-refractivity contribution is 0.891. The Morgan fingerprint density at radius 2 is 1.65 bits per heavy atom. The van der Waals surface area contributed by atoms with Crippen LogP contribution in [0.4, 0.5) is 0 Å². The van der Waals surface area contributed by atoms with Crippen LogP contribution in [0.15, 0.2) is 112 Å². The van der Waals surface area contributed by atoms with Gasteiger partial charge in [0.2, 0.25) is 0 Å². The molecule has 4 heteroatoms. The van der Waals surface area contributed by atoms with Gasteiger partial charge in [0, 0.05) is 39.7 Å². The molecule has 0 saturated heterocycles. The van der Waals surface area contributed by atoms with Crippen LogP contribution in [0.5, 0.6) is 0 Å². The Kier molecular flexibility index (Phi) is 8.83. The van der Waals surface area contributed by atoms with Crippen LogP contribution >= 0.6 is 23.7 Å². The van der Waals surface area contributed by atoms with Crippen molar-refractivity contribution in [2.75, 3.05) is 0 Å². The summed E-state index contributed by atoms with van der Waals surface area (Å²) in [6.07, 6.45) is 3.95.